The lowest BCUT2D eigenvalue weighted by molar-refractivity contribution is -0.127. The summed E-state index contributed by atoms with van der Waals surface area (Å²) in [5.41, 5.74) is 10.4. The number of hydrogen-bond acceptors (Lipinski definition) is 5. The minimum absolute atomic E-state index is 0.0221. The van der Waals surface area contributed by atoms with Crippen LogP contribution in [0.25, 0.3) is 0 Å². The number of aryl methyl sites for hydroxylation is 1. The molecule has 1 aliphatic heterocycles. The minimum Gasteiger partial charge on any atom is -0.388 e. The summed E-state index contributed by atoms with van der Waals surface area (Å²) in [4.78, 5) is 14.0. The van der Waals surface area contributed by atoms with E-state index in [4.69, 9.17) is 22.7 Å². The number of hydrazone groups is 1. The molecule has 1 heterocycles. The molecule has 1 amide bonds. The van der Waals surface area contributed by atoms with Crippen LogP contribution in [-0.2, 0) is 9.53 Å². The van der Waals surface area contributed by atoms with E-state index < -0.39 is 0 Å². The molecule has 1 aliphatic rings. The van der Waals surface area contributed by atoms with Crippen molar-refractivity contribution in [3.8, 4) is 0 Å². The summed E-state index contributed by atoms with van der Waals surface area (Å²) in [5.74, 6) is -0.273. The van der Waals surface area contributed by atoms with Gasteiger partial charge in [0.1, 0.15) is 4.99 Å². The number of rotatable bonds is 4. The first-order valence-corrected chi connectivity index (χ1v) is 7.06. The molecule has 1 aromatic rings. The third kappa shape index (κ3) is 4.24. The highest BCUT2D eigenvalue weighted by molar-refractivity contribution is 7.82. The first-order chi connectivity index (χ1) is 10.1. The van der Waals surface area contributed by atoms with E-state index in [2.05, 4.69) is 10.5 Å². The number of carbonyl (C=O) groups excluding carboxylic acids is 1. The molecule has 1 saturated heterocycles. The zero-order valence-corrected chi connectivity index (χ0v) is 12.7. The summed E-state index contributed by atoms with van der Waals surface area (Å²) in [6.45, 7) is 4.06. The van der Waals surface area contributed by atoms with Gasteiger partial charge < -0.3 is 15.4 Å². The monoisotopic (exact) mass is 306 g/mol. The molecule has 21 heavy (non-hydrogen) atoms. The van der Waals surface area contributed by atoms with Crippen molar-refractivity contribution < 1.29 is 9.53 Å². The number of nitrogens with one attached hydrogen (secondary N) is 1. The standard InChI is InChI=1S/C14H18N4O2S/c1-10-2-4-11(5-3-10)16-17-12(13(15)21)14(19)18-6-8-20-9-7-18/h2-5,16H,6-9H2,1H3,(H2,15,21)/b17-12+. The summed E-state index contributed by atoms with van der Waals surface area (Å²) in [7, 11) is 0. The Morgan fingerprint density at radius 2 is 1.95 bits per heavy atom. The number of nitrogens with zero attached hydrogens (tertiary/aromatic N) is 2. The van der Waals surface area contributed by atoms with E-state index in [0.29, 0.717) is 26.3 Å². The second-order valence-electron chi connectivity index (χ2n) is 4.71. The van der Waals surface area contributed by atoms with Gasteiger partial charge in [0.25, 0.3) is 5.91 Å². The molecule has 0 unspecified atom stereocenters. The van der Waals surface area contributed by atoms with Crippen molar-refractivity contribution >= 4 is 34.5 Å². The molecule has 1 fully saturated rings. The fourth-order valence-corrected chi connectivity index (χ4v) is 2.01. The number of morpholine rings is 1. The van der Waals surface area contributed by atoms with Gasteiger partial charge >= 0.3 is 0 Å². The van der Waals surface area contributed by atoms with E-state index in [1.54, 1.807) is 4.90 Å². The molecule has 3 N–H and O–H groups in total. The minimum atomic E-state index is -0.273. The molecule has 6 nitrogen and oxygen atoms in total. The Hall–Kier alpha value is -1.99. The summed E-state index contributed by atoms with van der Waals surface area (Å²) < 4.78 is 5.22. The Labute approximate surface area is 128 Å². The van der Waals surface area contributed by atoms with Gasteiger partial charge in [0, 0.05) is 13.1 Å². The van der Waals surface area contributed by atoms with Crippen molar-refractivity contribution in [3.63, 3.8) is 0 Å². The van der Waals surface area contributed by atoms with Crippen LogP contribution >= 0.6 is 12.2 Å². The lowest BCUT2D eigenvalue weighted by Gasteiger charge is -2.26. The van der Waals surface area contributed by atoms with Gasteiger partial charge in [-0.1, -0.05) is 29.9 Å². The molecule has 0 atom stereocenters. The molecule has 0 aliphatic carbocycles. The van der Waals surface area contributed by atoms with E-state index in [1.807, 2.05) is 31.2 Å². The predicted molar refractivity (Wildman–Crippen MR) is 86.4 cm³/mol. The van der Waals surface area contributed by atoms with Gasteiger partial charge in [-0.3, -0.25) is 10.2 Å². The van der Waals surface area contributed by atoms with Crippen molar-refractivity contribution in [3.05, 3.63) is 29.8 Å². The second-order valence-corrected chi connectivity index (χ2v) is 5.15. The van der Waals surface area contributed by atoms with Crippen LogP contribution in [0.4, 0.5) is 5.69 Å². The maximum absolute atomic E-state index is 12.3. The van der Waals surface area contributed by atoms with Crippen molar-refractivity contribution in [2.45, 2.75) is 6.92 Å². The molecule has 0 radical (unpaired) electrons. The van der Waals surface area contributed by atoms with Crippen molar-refractivity contribution in [1.29, 1.82) is 0 Å². The van der Waals surface area contributed by atoms with Crippen molar-refractivity contribution in [1.82, 2.24) is 4.90 Å². The number of benzene rings is 1. The number of hydrogen-bond donors (Lipinski definition) is 2. The van der Waals surface area contributed by atoms with E-state index >= 15 is 0 Å². The van der Waals surface area contributed by atoms with Crippen LogP contribution in [0.5, 0.6) is 0 Å². The molecular weight excluding hydrogens is 288 g/mol. The van der Waals surface area contributed by atoms with Gasteiger partial charge in [-0.2, -0.15) is 5.10 Å². The van der Waals surface area contributed by atoms with Gasteiger partial charge in [-0.05, 0) is 19.1 Å². The van der Waals surface area contributed by atoms with Gasteiger partial charge in [-0.15, -0.1) is 0 Å². The van der Waals surface area contributed by atoms with Crippen LogP contribution in [0, 0.1) is 6.92 Å². The molecule has 0 saturated carbocycles. The molecule has 7 heteroatoms. The average molecular weight is 306 g/mol. The van der Waals surface area contributed by atoms with Gasteiger partial charge in [-0.25, -0.2) is 0 Å². The Bertz CT molecular complexity index is 551. The largest absolute Gasteiger partial charge is 0.388 e. The summed E-state index contributed by atoms with van der Waals surface area (Å²) >= 11 is 4.93. The first kappa shape index (κ1) is 15.4. The number of anilines is 1. The maximum atomic E-state index is 12.3. The number of amides is 1. The van der Waals surface area contributed by atoms with Crippen LogP contribution in [-0.4, -0.2) is 47.8 Å². The highest BCUT2D eigenvalue weighted by atomic mass is 32.1. The van der Waals surface area contributed by atoms with Gasteiger partial charge in [0.05, 0.1) is 18.9 Å². The lowest BCUT2D eigenvalue weighted by atomic mass is 10.2. The van der Waals surface area contributed by atoms with E-state index in [0.717, 1.165) is 11.3 Å². The third-order valence-electron chi connectivity index (χ3n) is 3.08. The molecule has 0 aromatic heterocycles. The smallest absolute Gasteiger partial charge is 0.277 e. The number of carbonyl (C=O) groups is 1. The first-order valence-electron chi connectivity index (χ1n) is 6.65. The lowest BCUT2D eigenvalue weighted by Crippen LogP contribution is -2.47. The normalized spacial score (nSPS) is 15.7. The fraction of sp³-hybridized carbons (Fsp3) is 0.357. The van der Waals surface area contributed by atoms with E-state index in [-0.39, 0.29) is 16.6 Å². The number of ether oxygens (including phenoxy) is 1. The Morgan fingerprint density at radius 1 is 1.33 bits per heavy atom. The third-order valence-corrected chi connectivity index (χ3v) is 3.28. The molecular formula is C14H18N4O2S. The topological polar surface area (TPSA) is 80.0 Å². The van der Waals surface area contributed by atoms with Crippen molar-refractivity contribution in [2.75, 3.05) is 31.7 Å². The van der Waals surface area contributed by atoms with Crippen molar-refractivity contribution in [2.24, 2.45) is 10.8 Å². The zero-order valence-electron chi connectivity index (χ0n) is 11.8. The van der Waals surface area contributed by atoms with Crippen LogP contribution < -0.4 is 11.2 Å². The van der Waals surface area contributed by atoms with Crippen LogP contribution in [0.1, 0.15) is 5.56 Å². The molecule has 1 aromatic carbocycles. The average Bonchev–Trinajstić information content (AvgIpc) is 2.49. The SMILES string of the molecule is Cc1ccc(N/N=C(/C(=O)N2CCOCC2)C(N)=S)cc1. The molecule has 0 spiro atoms. The Morgan fingerprint density at radius 3 is 2.52 bits per heavy atom. The highest BCUT2D eigenvalue weighted by Crippen LogP contribution is 2.09. The molecule has 2 rings (SSSR count). The van der Waals surface area contributed by atoms with Crippen LogP contribution in [0.2, 0.25) is 0 Å². The second kappa shape index (κ2) is 7.14. The molecule has 0 bridgehead atoms. The summed E-state index contributed by atoms with van der Waals surface area (Å²) in [6, 6.07) is 7.63. The van der Waals surface area contributed by atoms with Crippen LogP contribution in [0.15, 0.2) is 29.4 Å². The number of thiocarbonyl (C=S) groups is 1. The molecule has 112 valence electrons. The Balaban J connectivity index is 2.10. The predicted octanol–water partition coefficient (Wildman–Crippen LogP) is 0.908. The summed E-state index contributed by atoms with van der Waals surface area (Å²) in [5, 5.41) is 4.07. The number of nitrogens with two attached hydrogens (primary N) is 1. The maximum Gasteiger partial charge on any atom is 0.277 e. The van der Waals surface area contributed by atoms with Gasteiger partial charge in [0.2, 0.25) is 0 Å². The zero-order chi connectivity index (χ0) is 15.2. The fourth-order valence-electron chi connectivity index (χ4n) is 1.87. The van der Waals surface area contributed by atoms with E-state index in [1.165, 1.54) is 0 Å². The highest BCUT2D eigenvalue weighted by Gasteiger charge is 2.23. The van der Waals surface area contributed by atoms with E-state index in [9.17, 15) is 4.79 Å². The Kier molecular flexibility index (Phi) is 5.24. The quantitative estimate of drug-likeness (QED) is 0.491. The van der Waals surface area contributed by atoms with Gasteiger partial charge in [0.15, 0.2) is 5.71 Å². The van der Waals surface area contributed by atoms with Crippen LogP contribution in [0.3, 0.4) is 0 Å². The summed E-state index contributed by atoms with van der Waals surface area (Å²) in [6.07, 6.45) is 0.